The van der Waals surface area contributed by atoms with Crippen LogP contribution in [0, 0.1) is 7.14 Å². The van der Waals surface area contributed by atoms with E-state index in [4.69, 9.17) is 17.0 Å². The van der Waals surface area contributed by atoms with Crippen molar-refractivity contribution in [2.45, 2.75) is 6.61 Å². The highest BCUT2D eigenvalue weighted by atomic mass is 127. The SMILES string of the molecule is O=C1NC(=S)N(c2cccc(C(=O)O)c2)C(=O)C1=Cc1ccc(OCc2ccc(I)cc2)c(I)c1. The van der Waals surface area contributed by atoms with Crippen LogP contribution in [0.5, 0.6) is 5.75 Å². The standard InChI is InChI=1S/C25H16I2N2O5S/c26-17-7-4-14(5-8-17)13-34-21-9-6-15(11-20(21)27)10-19-22(30)28-25(35)29(23(19)31)18-3-1-2-16(12-18)24(32)33/h1-12H,13H2,(H,32,33)(H,28,30,35). The molecule has 0 spiro atoms. The summed E-state index contributed by atoms with van der Waals surface area (Å²) in [6.45, 7) is 0.413. The van der Waals surface area contributed by atoms with Gasteiger partial charge in [-0.2, -0.15) is 0 Å². The third kappa shape index (κ3) is 5.87. The first-order valence-corrected chi connectivity index (χ1v) is 12.7. The third-order valence-electron chi connectivity index (χ3n) is 5.03. The summed E-state index contributed by atoms with van der Waals surface area (Å²) in [5.74, 6) is -1.73. The Morgan fingerprint density at radius 2 is 1.80 bits per heavy atom. The van der Waals surface area contributed by atoms with Crippen molar-refractivity contribution < 1.29 is 24.2 Å². The molecule has 4 rings (SSSR count). The molecule has 35 heavy (non-hydrogen) atoms. The number of carboxylic acids is 1. The Morgan fingerprint density at radius 3 is 2.49 bits per heavy atom. The number of aromatic carboxylic acids is 1. The van der Waals surface area contributed by atoms with Crippen LogP contribution in [0.15, 0.2) is 72.3 Å². The molecule has 0 aliphatic carbocycles. The van der Waals surface area contributed by atoms with E-state index in [-0.39, 0.29) is 21.9 Å². The van der Waals surface area contributed by atoms with Gasteiger partial charge in [0.2, 0.25) is 0 Å². The maximum absolute atomic E-state index is 13.2. The molecular formula is C25H16I2N2O5S. The van der Waals surface area contributed by atoms with Gasteiger partial charge in [-0.15, -0.1) is 0 Å². The fraction of sp³-hybridized carbons (Fsp3) is 0.0400. The topological polar surface area (TPSA) is 95.9 Å². The highest BCUT2D eigenvalue weighted by Gasteiger charge is 2.34. The van der Waals surface area contributed by atoms with E-state index >= 15 is 0 Å². The molecule has 3 aromatic carbocycles. The van der Waals surface area contributed by atoms with E-state index in [1.165, 1.54) is 24.3 Å². The highest BCUT2D eigenvalue weighted by Crippen LogP contribution is 2.27. The van der Waals surface area contributed by atoms with Crippen molar-refractivity contribution in [3.63, 3.8) is 0 Å². The summed E-state index contributed by atoms with van der Waals surface area (Å²) in [5, 5.41) is 11.6. The number of ether oxygens (including phenoxy) is 1. The van der Waals surface area contributed by atoms with E-state index in [0.29, 0.717) is 17.9 Å². The molecule has 1 aliphatic rings. The lowest BCUT2D eigenvalue weighted by atomic mass is 10.1. The number of rotatable bonds is 6. The number of nitrogens with one attached hydrogen (secondary N) is 1. The van der Waals surface area contributed by atoms with Crippen LogP contribution in [0.25, 0.3) is 6.08 Å². The number of carboxylic acid groups (broad SMARTS) is 1. The third-order valence-corrected chi connectivity index (χ3v) is 6.87. The molecule has 0 atom stereocenters. The molecule has 0 bridgehead atoms. The second-order valence-corrected chi connectivity index (χ2v) is 10.2. The van der Waals surface area contributed by atoms with Gasteiger partial charge in [0.1, 0.15) is 17.9 Å². The minimum absolute atomic E-state index is 0.00379. The number of carbonyl (C=O) groups is 3. The lowest BCUT2D eigenvalue weighted by Crippen LogP contribution is -2.54. The number of benzene rings is 3. The van der Waals surface area contributed by atoms with Crippen LogP contribution >= 0.6 is 57.4 Å². The Labute approximate surface area is 233 Å². The van der Waals surface area contributed by atoms with E-state index in [0.717, 1.165) is 17.6 Å². The second kappa shape index (κ2) is 10.8. The maximum Gasteiger partial charge on any atom is 0.335 e. The first-order valence-electron chi connectivity index (χ1n) is 10.1. The Balaban J connectivity index is 1.57. The van der Waals surface area contributed by atoms with Gasteiger partial charge >= 0.3 is 5.97 Å². The average Bonchev–Trinajstić information content (AvgIpc) is 2.82. The van der Waals surface area contributed by atoms with Crippen LogP contribution in [0.4, 0.5) is 5.69 Å². The van der Waals surface area contributed by atoms with E-state index < -0.39 is 17.8 Å². The number of nitrogens with zero attached hydrogens (tertiary/aromatic N) is 1. The lowest BCUT2D eigenvalue weighted by Gasteiger charge is -2.29. The van der Waals surface area contributed by atoms with Gasteiger partial charge in [-0.1, -0.05) is 24.3 Å². The largest absolute Gasteiger partial charge is 0.488 e. The number of hydrogen-bond acceptors (Lipinski definition) is 5. The Kier molecular flexibility index (Phi) is 7.82. The van der Waals surface area contributed by atoms with Crippen molar-refractivity contribution in [2.24, 2.45) is 0 Å². The summed E-state index contributed by atoms with van der Waals surface area (Å²) in [6, 6.07) is 19.2. The molecule has 1 fully saturated rings. The van der Waals surface area contributed by atoms with Crippen molar-refractivity contribution in [3.8, 4) is 5.75 Å². The van der Waals surface area contributed by atoms with Gasteiger partial charge in [0.05, 0.1) is 14.8 Å². The van der Waals surface area contributed by atoms with E-state index in [2.05, 4.69) is 50.5 Å². The quantitative estimate of drug-likeness (QED) is 0.162. The average molecular weight is 710 g/mol. The number of thiocarbonyl (C=S) groups is 1. The summed E-state index contributed by atoms with van der Waals surface area (Å²) < 4.78 is 7.88. The van der Waals surface area contributed by atoms with Gasteiger partial charge in [0.25, 0.3) is 11.8 Å². The molecular weight excluding hydrogens is 694 g/mol. The second-order valence-electron chi connectivity index (χ2n) is 7.42. The van der Waals surface area contributed by atoms with Crippen LogP contribution in [0.3, 0.4) is 0 Å². The summed E-state index contributed by atoms with van der Waals surface area (Å²) in [7, 11) is 0. The molecule has 0 aromatic heterocycles. The van der Waals surface area contributed by atoms with Crippen molar-refractivity contribution in [3.05, 3.63) is 96.1 Å². The predicted molar refractivity (Wildman–Crippen MR) is 152 cm³/mol. The molecule has 2 amide bonds. The molecule has 0 unspecified atom stereocenters. The molecule has 1 aliphatic heterocycles. The van der Waals surface area contributed by atoms with Gasteiger partial charge in [0.15, 0.2) is 5.11 Å². The maximum atomic E-state index is 13.2. The number of anilines is 1. The lowest BCUT2D eigenvalue weighted by molar-refractivity contribution is -0.122. The zero-order valence-corrected chi connectivity index (χ0v) is 23.0. The fourth-order valence-corrected chi connectivity index (χ4v) is 4.64. The normalized spacial score (nSPS) is 14.7. The highest BCUT2D eigenvalue weighted by molar-refractivity contribution is 14.1. The van der Waals surface area contributed by atoms with Crippen molar-refractivity contribution in [2.75, 3.05) is 4.90 Å². The number of halogens is 2. The van der Waals surface area contributed by atoms with Crippen LogP contribution in [0.2, 0.25) is 0 Å². The summed E-state index contributed by atoms with van der Waals surface area (Å²) in [5.41, 5.74) is 1.79. The minimum Gasteiger partial charge on any atom is -0.488 e. The fourth-order valence-electron chi connectivity index (χ4n) is 3.30. The molecule has 176 valence electrons. The number of amides is 2. The van der Waals surface area contributed by atoms with Crippen LogP contribution in [-0.4, -0.2) is 28.0 Å². The van der Waals surface area contributed by atoms with Gasteiger partial charge in [0, 0.05) is 3.57 Å². The van der Waals surface area contributed by atoms with E-state index in [1.807, 2.05) is 24.3 Å². The molecule has 0 radical (unpaired) electrons. The van der Waals surface area contributed by atoms with Gasteiger partial charge in [-0.25, -0.2) is 4.79 Å². The van der Waals surface area contributed by atoms with E-state index in [9.17, 15) is 19.5 Å². The summed E-state index contributed by atoms with van der Waals surface area (Å²) in [4.78, 5) is 38.2. The number of carbonyl (C=O) groups excluding carboxylic acids is 2. The molecule has 7 nitrogen and oxygen atoms in total. The predicted octanol–water partition coefficient (Wildman–Crippen LogP) is 5.00. The van der Waals surface area contributed by atoms with Gasteiger partial charge in [-0.05, 0) is 117 Å². The molecule has 3 aromatic rings. The van der Waals surface area contributed by atoms with Crippen LogP contribution in [-0.2, 0) is 16.2 Å². The minimum atomic E-state index is -1.14. The first-order chi connectivity index (χ1) is 16.7. The molecule has 2 N–H and O–H groups in total. The van der Waals surface area contributed by atoms with Gasteiger partial charge < -0.3 is 9.84 Å². The summed E-state index contributed by atoms with van der Waals surface area (Å²) >= 11 is 9.57. The Bertz CT molecular complexity index is 1390. The smallest absolute Gasteiger partial charge is 0.335 e. The molecule has 0 saturated carbocycles. The molecule has 10 heteroatoms. The van der Waals surface area contributed by atoms with Crippen molar-refractivity contribution in [1.82, 2.24) is 5.32 Å². The van der Waals surface area contributed by atoms with E-state index in [1.54, 1.807) is 24.3 Å². The Morgan fingerprint density at radius 1 is 1.06 bits per heavy atom. The van der Waals surface area contributed by atoms with Crippen molar-refractivity contribution in [1.29, 1.82) is 0 Å². The van der Waals surface area contributed by atoms with Gasteiger partial charge in [-0.3, -0.25) is 19.8 Å². The van der Waals surface area contributed by atoms with Crippen LogP contribution < -0.4 is 15.0 Å². The zero-order valence-electron chi connectivity index (χ0n) is 17.8. The molecule has 1 saturated heterocycles. The van der Waals surface area contributed by atoms with Crippen LogP contribution in [0.1, 0.15) is 21.5 Å². The van der Waals surface area contributed by atoms with Crippen molar-refractivity contribution >= 4 is 92.1 Å². The monoisotopic (exact) mass is 710 g/mol. The summed E-state index contributed by atoms with van der Waals surface area (Å²) in [6.07, 6.45) is 1.47. The number of hydrogen-bond donors (Lipinski definition) is 2. The first kappa shape index (κ1) is 25.3. The zero-order chi connectivity index (χ0) is 25.1. The molecule has 1 heterocycles. The Hall–Kier alpha value is -2.84.